The molecule has 2 aliphatic rings. The predicted octanol–water partition coefficient (Wildman–Crippen LogP) is 1.93. The number of nitrogens with two attached hydrogens (primary N) is 1. The Bertz CT molecular complexity index is 866. The fourth-order valence-corrected chi connectivity index (χ4v) is 6.86. The first-order valence-corrected chi connectivity index (χ1v) is 13.1. The fraction of sp³-hybridized carbons (Fsp3) is 0.682. The van der Waals surface area contributed by atoms with Crippen molar-refractivity contribution in [2.24, 2.45) is 5.73 Å². The summed E-state index contributed by atoms with van der Waals surface area (Å²) in [5.41, 5.74) is 6.77. The van der Waals surface area contributed by atoms with Crippen molar-refractivity contribution in [3.05, 3.63) is 29.3 Å². The van der Waals surface area contributed by atoms with Gasteiger partial charge in [0.1, 0.15) is 0 Å². The SMILES string of the molecule is CCN(CCC(C)N1CCN(c2ccc(Cl)cc2)CC1)S(=O)(=O)C1(C(N)=O)CCOCC1. The van der Waals surface area contributed by atoms with Crippen molar-refractivity contribution in [1.29, 1.82) is 0 Å². The average Bonchev–Trinajstić information content (AvgIpc) is 2.80. The number of benzene rings is 1. The molecule has 8 nitrogen and oxygen atoms in total. The van der Waals surface area contributed by atoms with Crippen molar-refractivity contribution < 1.29 is 17.9 Å². The maximum absolute atomic E-state index is 13.4. The lowest BCUT2D eigenvalue weighted by atomic mass is 9.98. The zero-order chi connectivity index (χ0) is 23.4. The third-order valence-electron chi connectivity index (χ3n) is 6.86. The highest BCUT2D eigenvalue weighted by atomic mass is 35.5. The number of anilines is 1. The first kappa shape index (κ1) is 25.2. The highest BCUT2D eigenvalue weighted by Crippen LogP contribution is 2.32. The van der Waals surface area contributed by atoms with E-state index in [0.29, 0.717) is 19.5 Å². The fourth-order valence-electron chi connectivity index (χ4n) is 4.61. The number of hydrogen-bond donors (Lipinski definition) is 1. The summed E-state index contributed by atoms with van der Waals surface area (Å²) in [6, 6.07) is 8.11. The van der Waals surface area contributed by atoms with Gasteiger partial charge in [-0.2, -0.15) is 0 Å². The summed E-state index contributed by atoms with van der Waals surface area (Å²) in [4.78, 5) is 17.0. The number of carbonyl (C=O) groups is 1. The highest BCUT2D eigenvalue weighted by molar-refractivity contribution is 7.91. The molecule has 1 atom stereocenters. The Morgan fingerprint density at radius 2 is 1.78 bits per heavy atom. The van der Waals surface area contributed by atoms with Gasteiger partial charge in [0, 0.05) is 82.1 Å². The van der Waals surface area contributed by atoms with Crippen LogP contribution in [0, 0.1) is 0 Å². The number of sulfonamides is 1. The molecule has 2 aliphatic heterocycles. The van der Waals surface area contributed by atoms with Gasteiger partial charge < -0.3 is 15.4 Å². The van der Waals surface area contributed by atoms with E-state index in [2.05, 4.69) is 16.7 Å². The summed E-state index contributed by atoms with van der Waals surface area (Å²) in [5.74, 6) is -0.773. The molecule has 2 saturated heterocycles. The lowest BCUT2D eigenvalue weighted by Gasteiger charge is -2.40. The topological polar surface area (TPSA) is 96.2 Å². The van der Waals surface area contributed by atoms with Crippen LogP contribution >= 0.6 is 11.6 Å². The number of carbonyl (C=O) groups excluding carboxylic acids is 1. The van der Waals surface area contributed by atoms with Gasteiger partial charge in [-0.15, -0.1) is 0 Å². The molecule has 0 bridgehead atoms. The largest absolute Gasteiger partial charge is 0.381 e. The minimum absolute atomic E-state index is 0.114. The van der Waals surface area contributed by atoms with Gasteiger partial charge in [0.25, 0.3) is 0 Å². The van der Waals surface area contributed by atoms with Crippen LogP contribution in [0.3, 0.4) is 0 Å². The van der Waals surface area contributed by atoms with Crippen molar-refractivity contribution in [2.45, 2.75) is 43.9 Å². The number of hydrogen-bond acceptors (Lipinski definition) is 6. The number of ether oxygens (including phenoxy) is 1. The Kier molecular flexibility index (Phi) is 8.43. The van der Waals surface area contributed by atoms with Crippen LogP contribution in [-0.2, 0) is 19.6 Å². The van der Waals surface area contributed by atoms with Gasteiger partial charge in [-0.25, -0.2) is 12.7 Å². The minimum atomic E-state index is -3.87. The molecule has 2 heterocycles. The van der Waals surface area contributed by atoms with Crippen molar-refractivity contribution in [3.63, 3.8) is 0 Å². The van der Waals surface area contributed by atoms with Crippen molar-refractivity contribution >= 4 is 33.2 Å². The van der Waals surface area contributed by atoms with E-state index >= 15 is 0 Å². The lowest BCUT2D eigenvalue weighted by molar-refractivity contribution is -0.123. The van der Waals surface area contributed by atoms with Gasteiger partial charge in [-0.05, 0) is 37.6 Å². The maximum atomic E-state index is 13.4. The second-order valence-electron chi connectivity index (χ2n) is 8.60. The van der Waals surface area contributed by atoms with Crippen LogP contribution in [0.4, 0.5) is 5.69 Å². The van der Waals surface area contributed by atoms with Crippen LogP contribution in [-0.4, -0.2) is 86.8 Å². The zero-order valence-electron chi connectivity index (χ0n) is 19.0. The molecule has 0 saturated carbocycles. The van der Waals surface area contributed by atoms with E-state index < -0.39 is 20.7 Å². The van der Waals surface area contributed by atoms with Crippen molar-refractivity contribution in [1.82, 2.24) is 9.21 Å². The normalized spacial score (nSPS) is 20.9. The average molecular weight is 487 g/mol. The second kappa shape index (κ2) is 10.7. The van der Waals surface area contributed by atoms with Gasteiger partial charge in [-0.3, -0.25) is 9.69 Å². The van der Waals surface area contributed by atoms with Crippen molar-refractivity contribution in [2.75, 3.05) is 57.4 Å². The van der Waals surface area contributed by atoms with Crippen LogP contribution < -0.4 is 10.6 Å². The smallest absolute Gasteiger partial charge is 0.240 e. The standard InChI is InChI=1S/C22H35ClN4O4S/c1-3-27(32(29,30)22(21(24)28)9-16-31-17-10-22)11-8-18(2)25-12-14-26(15-13-25)20-6-4-19(23)5-7-20/h4-7,18H,3,8-17H2,1-2H3,(H2,24,28). The summed E-state index contributed by atoms with van der Waals surface area (Å²) in [7, 11) is -3.87. The number of nitrogens with zero attached hydrogens (tertiary/aromatic N) is 3. The molecule has 3 rings (SSSR count). The number of amides is 1. The third-order valence-corrected chi connectivity index (χ3v) is 9.83. The molecule has 32 heavy (non-hydrogen) atoms. The van der Waals surface area contributed by atoms with E-state index in [1.54, 1.807) is 6.92 Å². The Balaban J connectivity index is 1.57. The van der Waals surface area contributed by atoms with E-state index in [-0.39, 0.29) is 32.1 Å². The van der Waals surface area contributed by atoms with E-state index in [9.17, 15) is 13.2 Å². The van der Waals surface area contributed by atoms with Crippen molar-refractivity contribution in [3.8, 4) is 0 Å². The van der Waals surface area contributed by atoms with Gasteiger partial charge in [0.15, 0.2) is 4.75 Å². The Hall–Kier alpha value is -1.39. The van der Waals surface area contributed by atoms with Crippen LogP contribution in [0.25, 0.3) is 0 Å². The predicted molar refractivity (Wildman–Crippen MR) is 127 cm³/mol. The Morgan fingerprint density at radius 3 is 2.31 bits per heavy atom. The molecule has 0 spiro atoms. The summed E-state index contributed by atoms with van der Waals surface area (Å²) >= 11 is 5.99. The molecule has 2 N–H and O–H groups in total. The molecule has 2 fully saturated rings. The molecule has 0 aliphatic carbocycles. The molecule has 0 radical (unpaired) electrons. The van der Waals surface area contributed by atoms with Gasteiger partial charge >= 0.3 is 0 Å². The molecule has 10 heteroatoms. The number of halogens is 1. The summed E-state index contributed by atoms with van der Waals surface area (Å²) in [6.07, 6.45) is 0.923. The van der Waals surface area contributed by atoms with Gasteiger partial charge in [0.05, 0.1) is 0 Å². The van der Waals surface area contributed by atoms with Crippen LogP contribution in [0.1, 0.15) is 33.1 Å². The molecule has 1 unspecified atom stereocenters. The van der Waals surface area contributed by atoms with E-state index in [1.165, 1.54) is 4.31 Å². The number of piperazine rings is 1. The van der Waals surface area contributed by atoms with E-state index in [1.807, 2.05) is 24.3 Å². The van der Waals surface area contributed by atoms with Crippen LogP contribution in [0.15, 0.2) is 24.3 Å². The molecule has 1 aromatic rings. The quantitative estimate of drug-likeness (QED) is 0.573. The van der Waals surface area contributed by atoms with Crippen LogP contribution in [0.2, 0.25) is 5.02 Å². The number of primary amides is 1. The highest BCUT2D eigenvalue weighted by Gasteiger charge is 2.52. The molecular formula is C22H35ClN4O4S. The van der Waals surface area contributed by atoms with Crippen LogP contribution in [0.5, 0.6) is 0 Å². The summed E-state index contributed by atoms with van der Waals surface area (Å²) < 4.78 is 32.0. The van der Waals surface area contributed by atoms with E-state index in [4.69, 9.17) is 22.1 Å². The first-order valence-electron chi connectivity index (χ1n) is 11.3. The zero-order valence-corrected chi connectivity index (χ0v) is 20.6. The Morgan fingerprint density at radius 1 is 1.19 bits per heavy atom. The monoisotopic (exact) mass is 486 g/mol. The van der Waals surface area contributed by atoms with E-state index in [0.717, 1.165) is 36.9 Å². The number of rotatable bonds is 9. The molecule has 1 amide bonds. The van der Waals surface area contributed by atoms with Gasteiger partial charge in [0.2, 0.25) is 15.9 Å². The third kappa shape index (κ3) is 5.22. The maximum Gasteiger partial charge on any atom is 0.240 e. The summed E-state index contributed by atoms with van der Waals surface area (Å²) in [5, 5.41) is 0.732. The molecule has 0 aromatic heterocycles. The minimum Gasteiger partial charge on any atom is -0.381 e. The summed E-state index contributed by atoms with van der Waals surface area (Å²) in [6.45, 7) is 8.72. The molecular weight excluding hydrogens is 452 g/mol. The van der Waals surface area contributed by atoms with Gasteiger partial charge in [-0.1, -0.05) is 18.5 Å². The Labute approximate surface area is 196 Å². The lowest BCUT2D eigenvalue weighted by Crippen LogP contribution is -2.59. The second-order valence-corrected chi connectivity index (χ2v) is 11.3. The molecule has 180 valence electrons. The first-order chi connectivity index (χ1) is 15.2. The molecule has 1 aromatic carbocycles.